The van der Waals surface area contributed by atoms with Crippen molar-refractivity contribution in [1.29, 1.82) is 0 Å². The third-order valence-corrected chi connectivity index (χ3v) is 6.84. The summed E-state index contributed by atoms with van der Waals surface area (Å²) in [5.74, 6) is 0.551. The number of imidazole rings is 1. The second-order valence-corrected chi connectivity index (χ2v) is 8.77. The second kappa shape index (κ2) is 6.71. The van der Waals surface area contributed by atoms with Crippen LogP contribution in [0.25, 0.3) is 0 Å². The van der Waals surface area contributed by atoms with Gasteiger partial charge < -0.3 is 14.8 Å². The normalized spacial score (nSPS) is 21.9. The molecule has 1 atom stereocenters. The van der Waals surface area contributed by atoms with Crippen LogP contribution in [0.5, 0.6) is 0 Å². The number of amides is 2. The number of H-pyrrole nitrogens is 1. The van der Waals surface area contributed by atoms with E-state index in [1.165, 1.54) is 0 Å². The summed E-state index contributed by atoms with van der Waals surface area (Å²) in [6.07, 6.45) is 9.73. The number of carbonyl (C=O) groups is 2. The smallest absolute Gasteiger partial charge is 0.247 e. The summed E-state index contributed by atoms with van der Waals surface area (Å²) in [6.45, 7) is 5.87. The molecular weight excluding hydrogens is 368 g/mol. The molecule has 8 heteroatoms. The van der Waals surface area contributed by atoms with Crippen LogP contribution < -0.4 is 0 Å². The molecule has 2 aliphatic heterocycles. The molecule has 0 aromatic carbocycles. The van der Waals surface area contributed by atoms with Crippen molar-refractivity contribution in [3.05, 3.63) is 35.7 Å². The molecule has 0 bridgehead atoms. The number of rotatable bonds is 3. The third kappa shape index (κ3) is 2.96. The minimum atomic E-state index is -0.379. The van der Waals surface area contributed by atoms with E-state index in [0.717, 1.165) is 55.6 Å². The molecule has 2 fully saturated rings. The molecule has 2 aromatic heterocycles. The lowest BCUT2D eigenvalue weighted by molar-refractivity contribution is -0.146. The van der Waals surface area contributed by atoms with Crippen molar-refractivity contribution >= 4 is 11.8 Å². The van der Waals surface area contributed by atoms with E-state index in [-0.39, 0.29) is 29.3 Å². The first-order valence-electron chi connectivity index (χ1n) is 10.6. The van der Waals surface area contributed by atoms with E-state index in [9.17, 15) is 9.59 Å². The summed E-state index contributed by atoms with van der Waals surface area (Å²) in [5, 5.41) is 4.30. The maximum atomic E-state index is 13.1. The molecule has 1 aliphatic carbocycles. The minimum absolute atomic E-state index is 0.0843. The molecule has 8 nitrogen and oxygen atoms in total. The standard InChI is InChI=1S/C21H28N6O2/c1-14-11-24-27(12-14)15(2)19(28)25-9-6-21(7-10-25)18-17(22-13-23-18)5-8-26(21)20(29)16-3-4-16/h11-13,15-16H,3-10H2,1-2H3,(H,22,23)/t15-/m1/s1. The highest BCUT2D eigenvalue weighted by Crippen LogP contribution is 2.45. The van der Waals surface area contributed by atoms with Crippen LogP contribution in [0.1, 0.15) is 55.6 Å². The Bertz CT molecular complexity index is 935. The van der Waals surface area contributed by atoms with Crippen molar-refractivity contribution in [3.8, 4) is 0 Å². The van der Waals surface area contributed by atoms with Crippen molar-refractivity contribution in [3.63, 3.8) is 0 Å². The van der Waals surface area contributed by atoms with Gasteiger partial charge in [0.1, 0.15) is 6.04 Å². The number of nitrogens with zero attached hydrogens (tertiary/aromatic N) is 5. The van der Waals surface area contributed by atoms with Gasteiger partial charge in [0.25, 0.3) is 0 Å². The fourth-order valence-electron chi connectivity index (χ4n) is 4.98. The van der Waals surface area contributed by atoms with Crippen LogP contribution in [0.3, 0.4) is 0 Å². The summed E-state index contributed by atoms with van der Waals surface area (Å²) < 4.78 is 1.73. The van der Waals surface area contributed by atoms with E-state index >= 15 is 0 Å². The van der Waals surface area contributed by atoms with Crippen LogP contribution in [0.15, 0.2) is 18.7 Å². The van der Waals surface area contributed by atoms with Crippen molar-refractivity contribution in [2.75, 3.05) is 19.6 Å². The molecule has 1 saturated heterocycles. The molecule has 5 rings (SSSR count). The first-order chi connectivity index (χ1) is 14.0. The summed E-state index contributed by atoms with van der Waals surface area (Å²) in [6, 6.07) is -0.325. The summed E-state index contributed by atoms with van der Waals surface area (Å²) in [7, 11) is 0. The van der Waals surface area contributed by atoms with Crippen LogP contribution >= 0.6 is 0 Å². The number of likely N-dealkylation sites (tertiary alicyclic amines) is 1. The number of carbonyl (C=O) groups excluding carboxylic acids is 2. The van der Waals surface area contributed by atoms with Crippen molar-refractivity contribution < 1.29 is 9.59 Å². The highest BCUT2D eigenvalue weighted by molar-refractivity contribution is 5.83. The van der Waals surface area contributed by atoms with Gasteiger partial charge in [-0.2, -0.15) is 5.10 Å². The topological polar surface area (TPSA) is 87.1 Å². The lowest BCUT2D eigenvalue weighted by Crippen LogP contribution is -2.59. The summed E-state index contributed by atoms with van der Waals surface area (Å²) >= 11 is 0. The lowest BCUT2D eigenvalue weighted by Gasteiger charge is -2.50. The van der Waals surface area contributed by atoms with E-state index in [2.05, 4.69) is 20.0 Å². The zero-order valence-corrected chi connectivity index (χ0v) is 17.1. The van der Waals surface area contributed by atoms with Crippen LogP contribution in [0.2, 0.25) is 0 Å². The third-order valence-electron chi connectivity index (χ3n) is 6.84. The first kappa shape index (κ1) is 18.4. The fourth-order valence-corrected chi connectivity index (χ4v) is 4.98. The molecule has 4 heterocycles. The number of piperidine rings is 1. The molecule has 0 radical (unpaired) electrons. The lowest BCUT2D eigenvalue weighted by atomic mass is 9.78. The number of fused-ring (bicyclic) bond motifs is 2. The highest BCUT2D eigenvalue weighted by Gasteiger charge is 2.51. The van der Waals surface area contributed by atoms with Crippen molar-refractivity contribution in [2.45, 2.75) is 57.5 Å². The number of aryl methyl sites for hydroxylation is 1. The predicted molar refractivity (Wildman–Crippen MR) is 106 cm³/mol. The van der Waals surface area contributed by atoms with Crippen LogP contribution in [0, 0.1) is 12.8 Å². The Hall–Kier alpha value is -2.64. The molecule has 1 N–H and O–H groups in total. The van der Waals surface area contributed by atoms with Gasteiger partial charge in [-0.3, -0.25) is 14.3 Å². The van der Waals surface area contributed by atoms with Gasteiger partial charge in [-0.25, -0.2) is 4.98 Å². The number of aromatic nitrogens is 4. The van der Waals surface area contributed by atoms with Gasteiger partial charge in [0.15, 0.2) is 0 Å². The summed E-state index contributed by atoms with van der Waals surface area (Å²) in [5.41, 5.74) is 2.82. The molecule has 3 aliphatic rings. The number of hydrogen-bond acceptors (Lipinski definition) is 4. The van der Waals surface area contributed by atoms with E-state index in [4.69, 9.17) is 0 Å². The van der Waals surface area contributed by atoms with Gasteiger partial charge in [0.2, 0.25) is 11.8 Å². The van der Waals surface area contributed by atoms with E-state index in [1.54, 1.807) is 17.2 Å². The molecule has 1 saturated carbocycles. The van der Waals surface area contributed by atoms with Crippen molar-refractivity contribution in [1.82, 2.24) is 29.5 Å². The summed E-state index contributed by atoms with van der Waals surface area (Å²) in [4.78, 5) is 38.1. The Morgan fingerprint density at radius 2 is 2.00 bits per heavy atom. The quantitative estimate of drug-likeness (QED) is 0.857. The molecule has 2 aromatic rings. The van der Waals surface area contributed by atoms with Gasteiger partial charge >= 0.3 is 0 Å². The minimum Gasteiger partial charge on any atom is -0.348 e. The van der Waals surface area contributed by atoms with E-state index in [1.807, 2.05) is 24.9 Å². The fraction of sp³-hybridized carbons (Fsp3) is 0.619. The van der Waals surface area contributed by atoms with Crippen LogP contribution in [-0.4, -0.2) is 61.0 Å². The largest absolute Gasteiger partial charge is 0.348 e. The Labute approximate surface area is 170 Å². The van der Waals surface area contributed by atoms with E-state index < -0.39 is 0 Å². The monoisotopic (exact) mass is 396 g/mol. The Kier molecular flexibility index (Phi) is 4.26. The van der Waals surface area contributed by atoms with E-state index in [0.29, 0.717) is 13.1 Å². The Morgan fingerprint density at radius 1 is 1.24 bits per heavy atom. The molecule has 154 valence electrons. The molecule has 1 spiro atoms. The van der Waals surface area contributed by atoms with Crippen LogP contribution in [0.4, 0.5) is 0 Å². The number of aromatic amines is 1. The SMILES string of the molecule is Cc1cnn([C@H](C)C(=O)N2CCC3(CC2)c2nc[nH]c2CCN3C(=O)C2CC2)c1. The van der Waals surface area contributed by atoms with Gasteiger partial charge in [0.05, 0.1) is 23.8 Å². The predicted octanol–water partition coefficient (Wildman–Crippen LogP) is 1.79. The molecule has 29 heavy (non-hydrogen) atoms. The maximum Gasteiger partial charge on any atom is 0.247 e. The average Bonchev–Trinajstić information content (AvgIpc) is 3.31. The van der Waals surface area contributed by atoms with Crippen molar-refractivity contribution in [2.24, 2.45) is 5.92 Å². The molecular formula is C21H28N6O2. The molecule has 2 amide bonds. The zero-order chi connectivity index (χ0) is 20.2. The molecule has 0 unspecified atom stereocenters. The Morgan fingerprint density at radius 3 is 2.66 bits per heavy atom. The Balaban J connectivity index is 1.37. The number of nitrogens with one attached hydrogen (secondary N) is 1. The van der Waals surface area contributed by atoms with Crippen LogP contribution in [-0.2, 0) is 21.5 Å². The van der Waals surface area contributed by atoms with Gasteiger partial charge in [0, 0.05) is 43.9 Å². The van der Waals surface area contributed by atoms with Gasteiger partial charge in [-0.15, -0.1) is 0 Å². The first-order valence-corrected chi connectivity index (χ1v) is 10.6. The second-order valence-electron chi connectivity index (χ2n) is 8.77. The number of hydrogen-bond donors (Lipinski definition) is 1. The van der Waals surface area contributed by atoms with Gasteiger partial charge in [-0.05, 0) is 45.1 Å². The van der Waals surface area contributed by atoms with Gasteiger partial charge in [-0.1, -0.05) is 0 Å². The highest BCUT2D eigenvalue weighted by atomic mass is 16.2. The maximum absolute atomic E-state index is 13.1. The average molecular weight is 396 g/mol. The zero-order valence-electron chi connectivity index (χ0n) is 17.1.